The lowest BCUT2D eigenvalue weighted by Crippen LogP contribution is -2.12. The third kappa shape index (κ3) is 4.15. The molecule has 2 heterocycles. The standard InChI is InChI=1S/C26H22N4O5/c1-30-21-12-17(35-22-10-11-27-20-14-24(34-3)23(33-2)13-19(20)22)8-9-18(21)25(29-30)28-26(32)15-4-6-16(31)7-5-15/h4-14,31H,1-3H3,(H,28,29,32). The second kappa shape index (κ2) is 8.86. The molecule has 0 radical (unpaired) electrons. The van der Waals surface area contributed by atoms with Gasteiger partial charge in [-0.1, -0.05) is 0 Å². The highest BCUT2D eigenvalue weighted by Crippen LogP contribution is 2.37. The van der Waals surface area contributed by atoms with Crippen LogP contribution in [0.1, 0.15) is 10.4 Å². The summed E-state index contributed by atoms with van der Waals surface area (Å²) in [6.45, 7) is 0. The minimum atomic E-state index is -0.321. The van der Waals surface area contributed by atoms with Crippen molar-refractivity contribution in [3.63, 3.8) is 0 Å². The fourth-order valence-electron chi connectivity index (χ4n) is 3.85. The van der Waals surface area contributed by atoms with Crippen molar-refractivity contribution in [2.75, 3.05) is 19.5 Å². The van der Waals surface area contributed by atoms with Gasteiger partial charge in [-0.05, 0) is 48.5 Å². The predicted molar refractivity (Wildman–Crippen MR) is 132 cm³/mol. The Kier molecular flexibility index (Phi) is 5.58. The Labute approximate surface area is 200 Å². The number of aromatic hydroxyl groups is 1. The average molecular weight is 470 g/mol. The van der Waals surface area contributed by atoms with Crippen molar-refractivity contribution in [2.24, 2.45) is 7.05 Å². The quantitative estimate of drug-likeness (QED) is 0.364. The van der Waals surface area contributed by atoms with Gasteiger partial charge in [0.05, 0.1) is 25.3 Å². The molecule has 0 aliphatic carbocycles. The molecule has 9 nitrogen and oxygen atoms in total. The number of phenolic OH excluding ortho intramolecular Hbond substituents is 1. The highest BCUT2D eigenvalue weighted by atomic mass is 16.5. The Morgan fingerprint density at radius 1 is 0.914 bits per heavy atom. The van der Waals surface area contributed by atoms with Crippen LogP contribution in [-0.4, -0.2) is 40.0 Å². The molecule has 176 valence electrons. The van der Waals surface area contributed by atoms with E-state index in [1.807, 2.05) is 24.3 Å². The number of nitrogens with zero attached hydrogens (tertiary/aromatic N) is 3. The number of hydrogen-bond acceptors (Lipinski definition) is 7. The van der Waals surface area contributed by atoms with Crippen LogP contribution in [0.25, 0.3) is 21.8 Å². The van der Waals surface area contributed by atoms with E-state index in [9.17, 15) is 9.90 Å². The first-order chi connectivity index (χ1) is 17.0. The predicted octanol–water partition coefficient (Wildman–Crippen LogP) is 4.89. The largest absolute Gasteiger partial charge is 0.508 e. The number of fused-ring (bicyclic) bond motifs is 2. The van der Waals surface area contributed by atoms with Crippen molar-refractivity contribution < 1.29 is 24.1 Å². The maximum Gasteiger partial charge on any atom is 0.256 e. The third-order valence-electron chi connectivity index (χ3n) is 5.62. The SMILES string of the molecule is COc1cc2nccc(Oc3ccc4c(NC(=O)c5ccc(O)cc5)nn(C)c4c3)c2cc1OC. The van der Waals surface area contributed by atoms with E-state index in [-0.39, 0.29) is 11.7 Å². The number of benzene rings is 3. The van der Waals surface area contributed by atoms with E-state index < -0.39 is 0 Å². The highest BCUT2D eigenvalue weighted by molar-refractivity contribution is 6.08. The van der Waals surface area contributed by atoms with E-state index in [2.05, 4.69) is 15.4 Å². The molecule has 0 bridgehead atoms. The van der Waals surface area contributed by atoms with E-state index in [1.54, 1.807) is 56.4 Å². The third-order valence-corrected chi connectivity index (χ3v) is 5.62. The Balaban J connectivity index is 1.46. The van der Waals surface area contributed by atoms with Gasteiger partial charge >= 0.3 is 0 Å². The molecule has 2 N–H and O–H groups in total. The molecule has 0 aliphatic rings. The van der Waals surface area contributed by atoms with Gasteiger partial charge in [0.25, 0.3) is 5.91 Å². The normalized spacial score (nSPS) is 10.9. The summed E-state index contributed by atoms with van der Waals surface area (Å²) in [7, 11) is 4.95. The molecule has 0 aliphatic heterocycles. The van der Waals surface area contributed by atoms with Gasteiger partial charge in [0.1, 0.15) is 17.2 Å². The molecule has 0 saturated heterocycles. The number of pyridine rings is 1. The van der Waals surface area contributed by atoms with Crippen LogP contribution in [-0.2, 0) is 7.05 Å². The van der Waals surface area contributed by atoms with E-state index in [0.29, 0.717) is 39.9 Å². The fraction of sp³-hybridized carbons (Fsp3) is 0.115. The lowest BCUT2D eigenvalue weighted by Gasteiger charge is -2.12. The number of rotatable bonds is 6. The lowest BCUT2D eigenvalue weighted by molar-refractivity contribution is 0.102. The molecule has 5 rings (SSSR count). The van der Waals surface area contributed by atoms with Crippen LogP contribution in [0.15, 0.2) is 66.9 Å². The van der Waals surface area contributed by atoms with E-state index in [4.69, 9.17) is 14.2 Å². The lowest BCUT2D eigenvalue weighted by atomic mass is 10.1. The summed E-state index contributed by atoms with van der Waals surface area (Å²) in [4.78, 5) is 17.0. The molecule has 3 aromatic carbocycles. The molecule has 35 heavy (non-hydrogen) atoms. The number of aryl methyl sites for hydroxylation is 1. The van der Waals surface area contributed by atoms with Crippen LogP contribution in [0, 0.1) is 0 Å². The van der Waals surface area contributed by atoms with Crippen molar-refractivity contribution in [2.45, 2.75) is 0 Å². The van der Waals surface area contributed by atoms with Crippen molar-refractivity contribution >= 4 is 33.5 Å². The van der Waals surface area contributed by atoms with Crippen LogP contribution in [0.4, 0.5) is 5.82 Å². The zero-order chi connectivity index (χ0) is 24.5. The van der Waals surface area contributed by atoms with E-state index in [0.717, 1.165) is 16.3 Å². The van der Waals surface area contributed by atoms with Gasteiger partial charge in [0.15, 0.2) is 17.3 Å². The summed E-state index contributed by atoms with van der Waals surface area (Å²) in [5, 5.41) is 18.3. The first-order valence-electron chi connectivity index (χ1n) is 10.7. The summed E-state index contributed by atoms with van der Waals surface area (Å²) in [5.41, 5.74) is 1.90. The van der Waals surface area contributed by atoms with Crippen LogP contribution in [0.3, 0.4) is 0 Å². The smallest absolute Gasteiger partial charge is 0.256 e. The molecule has 0 fully saturated rings. The number of carbonyl (C=O) groups excluding carboxylic acids is 1. The maximum atomic E-state index is 12.6. The topological polar surface area (TPSA) is 108 Å². The van der Waals surface area contributed by atoms with Crippen molar-refractivity contribution in [1.29, 1.82) is 0 Å². The summed E-state index contributed by atoms with van der Waals surface area (Å²) in [5.74, 6) is 2.57. The summed E-state index contributed by atoms with van der Waals surface area (Å²) < 4.78 is 18.7. The monoisotopic (exact) mass is 470 g/mol. The van der Waals surface area contributed by atoms with Crippen LogP contribution < -0.4 is 19.5 Å². The van der Waals surface area contributed by atoms with Crippen molar-refractivity contribution in [3.05, 3.63) is 72.4 Å². The number of hydrogen-bond donors (Lipinski definition) is 2. The number of anilines is 1. The Hall–Kier alpha value is -4.79. The Morgan fingerprint density at radius 3 is 2.40 bits per heavy atom. The molecule has 0 saturated carbocycles. The fourth-order valence-corrected chi connectivity index (χ4v) is 3.85. The first-order valence-corrected chi connectivity index (χ1v) is 10.7. The van der Waals surface area contributed by atoms with E-state index in [1.165, 1.54) is 12.1 Å². The van der Waals surface area contributed by atoms with Crippen LogP contribution >= 0.6 is 0 Å². The van der Waals surface area contributed by atoms with Gasteiger partial charge in [0.2, 0.25) is 0 Å². The number of ether oxygens (including phenoxy) is 3. The van der Waals surface area contributed by atoms with Gasteiger partial charge in [-0.25, -0.2) is 0 Å². The molecule has 0 atom stereocenters. The van der Waals surface area contributed by atoms with E-state index >= 15 is 0 Å². The molecule has 5 aromatic rings. The number of nitrogens with one attached hydrogen (secondary N) is 1. The summed E-state index contributed by atoms with van der Waals surface area (Å²) in [6.07, 6.45) is 1.67. The van der Waals surface area contributed by atoms with Gasteiger partial charge in [-0.2, -0.15) is 5.10 Å². The van der Waals surface area contributed by atoms with Crippen molar-refractivity contribution in [3.8, 4) is 28.7 Å². The Bertz CT molecular complexity index is 1560. The van der Waals surface area contributed by atoms with Crippen LogP contribution in [0.2, 0.25) is 0 Å². The summed E-state index contributed by atoms with van der Waals surface area (Å²) in [6, 6.07) is 16.9. The number of methoxy groups -OCH3 is 2. The minimum Gasteiger partial charge on any atom is -0.508 e. The number of aromatic nitrogens is 3. The van der Waals surface area contributed by atoms with Crippen molar-refractivity contribution in [1.82, 2.24) is 14.8 Å². The molecular formula is C26H22N4O5. The molecule has 0 spiro atoms. The Morgan fingerprint density at radius 2 is 1.66 bits per heavy atom. The van der Waals surface area contributed by atoms with Crippen LogP contribution in [0.5, 0.6) is 28.7 Å². The molecule has 0 unspecified atom stereocenters. The summed E-state index contributed by atoms with van der Waals surface area (Å²) >= 11 is 0. The number of amides is 1. The minimum absolute atomic E-state index is 0.0944. The zero-order valence-corrected chi connectivity index (χ0v) is 19.3. The number of phenols is 1. The van der Waals surface area contributed by atoms with Gasteiger partial charge < -0.3 is 24.6 Å². The van der Waals surface area contributed by atoms with Gasteiger partial charge in [-0.3, -0.25) is 14.5 Å². The number of carbonyl (C=O) groups is 1. The second-order valence-electron chi connectivity index (χ2n) is 7.79. The zero-order valence-electron chi connectivity index (χ0n) is 19.3. The average Bonchev–Trinajstić information content (AvgIpc) is 3.18. The maximum absolute atomic E-state index is 12.6. The first kappa shape index (κ1) is 22.0. The molecule has 2 aromatic heterocycles. The highest BCUT2D eigenvalue weighted by Gasteiger charge is 2.15. The van der Waals surface area contributed by atoms with Gasteiger partial charge in [-0.15, -0.1) is 0 Å². The molecular weight excluding hydrogens is 448 g/mol. The molecule has 9 heteroatoms. The van der Waals surface area contributed by atoms with Gasteiger partial charge in [0, 0.05) is 41.7 Å². The molecule has 1 amide bonds. The second-order valence-corrected chi connectivity index (χ2v) is 7.79.